The molecule has 1 aromatic carbocycles. The number of anilines is 1. The Bertz CT molecular complexity index is 1990. The number of carbonyl (C=O) groups is 8. The number of nitrogens with zero attached hydrogens (tertiary/aromatic N) is 5. The van der Waals surface area contributed by atoms with Crippen molar-refractivity contribution in [2.45, 2.75) is 122 Å². The average molecular weight is 921 g/mol. The maximum absolute atomic E-state index is 14.2. The van der Waals surface area contributed by atoms with Crippen molar-refractivity contribution < 1.29 is 48.2 Å². The Balaban J connectivity index is 1.51. The molecule has 0 radical (unpaired) electrons. The van der Waals surface area contributed by atoms with Crippen molar-refractivity contribution in [2.24, 2.45) is 17.8 Å². The van der Waals surface area contributed by atoms with Crippen LogP contribution in [0.1, 0.15) is 97.0 Å². The summed E-state index contributed by atoms with van der Waals surface area (Å²) in [6.45, 7) is 9.13. The molecule has 4 rings (SSSR count). The highest BCUT2D eigenvalue weighted by molar-refractivity contribution is 6.01. The van der Waals surface area contributed by atoms with E-state index in [0.29, 0.717) is 24.9 Å². The third kappa shape index (κ3) is 15.2. The Morgan fingerprint density at radius 1 is 0.879 bits per heavy atom. The van der Waals surface area contributed by atoms with Crippen molar-refractivity contribution in [1.82, 2.24) is 46.4 Å². The molecule has 2 heterocycles. The fourth-order valence-corrected chi connectivity index (χ4v) is 7.90. The van der Waals surface area contributed by atoms with Crippen molar-refractivity contribution in [3.8, 4) is 0 Å². The SMILES string of the molecule is CCC[C@H](NC(=O)[C@@H]1CN(C(=O)OC(C)(C)C)C[C@@H]1NC(=O)[C@@H](NC(=O)[C@@H](NC(=O)c1cnccn1)C1CCCCC1)C(C)C)[C@H](O)C(=O)NCC(=O)N(CC(=O)N(C)C)c1ccccc1. The van der Waals surface area contributed by atoms with Gasteiger partial charge in [0.15, 0.2) is 6.10 Å². The molecule has 8 amide bonds. The number of para-hydroxylation sites is 1. The molecule has 6 N–H and O–H groups in total. The summed E-state index contributed by atoms with van der Waals surface area (Å²) in [4.78, 5) is 120. The Morgan fingerprint density at radius 2 is 1.56 bits per heavy atom. The molecular formula is C46H68N10O10. The monoisotopic (exact) mass is 921 g/mol. The molecule has 66 heavy (non-hydrogen) atoms. The molecule has 1 aliphatic carbocycles. The molecule has 362 valence electrons. The van der Waals surface area contributed by atoms with Crippen LogP contribution in [-0.2, 0) is 33.5 Å². The predicted molar refractivity (Wildman–Crippen MR) is 243 cm³/mol. The standard InChI is InChI=1S/C46H68N10O10/c1-9-16-32(39(59)44(64)49-24-35(57)56(27-36(58)54(7)8)30-19-14-11-15-20-30)50-40(60)31-25-55(45(65)66-46(4,5)6)26-34(31)51-42(62)37(28(2)3)52-43(63)38(29-17-12-10-13-18-29)53-41(61)33-23-47-21-22-48-33/h11,14-15,19-23,28-29,31-32,34,37-39,59H,9-10,12-13,16-18,24-27H2,1-8H3,(H,49,64)(H,50,60)(H,51,62)(H,52,63)(H,53,61)/t31-,32+,34+,37+,38+,39+/m1/s1. The Kier molecular flexibility index (Phi) is 19.4. The van der Waals surface area contributed by atoms with Gasteiger partial charge in [0.25, 0.3) is 11.8 Å². The minimum absolute atomic E-state index is 0.0360. The van der Waals surface area contributed by atoms with E-state index in [9.17, 15) is 43.5 Å². The van der Waals surface area contributed by atoms with Gasteiger partial charge in [-0.2, -0.15) is 0 Å². The molecule has 1 saturated heterocycles. The number of aliphatic hydroxyl groups is 1. The first kappa shape index (κ1) is 52.4. The van der Waals surface area contributed by atoms with Crippen LogP contribution in [0.15, 0.2) is 48.9 Å². The van der Waals surface area contributed by atoms with Gasteiger partial charge in [-0.25, -0.2) is 9.78 Å². The Hall–Kier alpha value is -6.18. The molecule has 0 unspecified atom stereocenters. The second-order valence-electron chi connectivity index (χ2n) is 18.4. The predicted octanol–water partition coefficient (Wildman–Crippen LogP) is 1.53. The van der Waals surface area contributed by atoms with Crippen molar-refractivity contribution in [3.05, 3.63) is 54.6 Å². The number of rotatable bonds is 19. The highest BCUT2D eigenvalue weighted by Gasteiger charge is 2.44. The third-order valence-corrected chi connectivity index (χ3v) is 11.5. The van der Waals surface area contributed by atoms with Crippen LogP contribution in [0, 0.1) is 17.8 Å². The van der Waals surface area contributed by atoms with E-state index in [-0.39, 0.29) is 43.6 Å². The zero-order chi connectivity index (χ0) is 48.7. The minimum Gasteiger partial charge on any atom is -0.444 e. The van der Waals surface area contributed by atoms with Gasteiger partial charge in [-0.3, -0.25) is 38.5 Å². The number of carbonyl (C=O) groups excluding carboxylic acids is 8. The quantitative estimate of drug-likeness (QED) is 0.117. The van der Waals surface area contributed by atoms with Gasteiger partial charge in [-0.1, -0.05) is 64.7 Å². The molecule has 1 saturated carbocycles. The zero-order valence-corrected chi connectivity index (χ0v) is 39.4. The number of nitrogens with one attached hydrogen (secondary N) is 5. The number of likely N-dealkylation sites (N-methyl/N-ethyl adjacent to an activating group) is 1. The molecule has 1 aromatic heterocycles. The summed E-state index contributed by atoms with van der Waals surface area (Å²) in [5, 5.41) is 25.0. The summed E-state index contributed by atoms with van der Waals surface area (Å²) in [6, 6.07) is 4.17. The number of amides is 8. The molecule has 6 atom stereocenters. The number of hydrogen-bond donors (Lipinski definition) is 6. The first-order valence-corrected chi connectivity index (χ1v) is 22.7. The largest absolute Gasteiger partial charge is 0.444 e. The molecular weight excluding hydrogens is 853 g/mol. The molecule has 2 aromatic rings. The molecule has 2 fully saturated rings. The molecule has 20 heteroatoms. The fraction of sp³-hybridized carbons (Fsp3) is 0.609. The highest BCUT2D eigenvalue weighted by Crippen LogP contribution is 2.28. The molecule has 2 aliphatic rings. The topological polar surface area (TPSA) is 262 Å². The first-order chi connectivity index (χ1) is 31.2. The van der Waals surface area contributed by atoms with Gasteiger partial charge in [0.2, 0.25) is 29.5 Å². The van der Waals surface area contributed by atoms with Crippen LogP contribution in [0.3, 0.4) is 0 Å². The average Bonchev–Trinajstić information content (AvgIpc) is 3.71. The van der Waals surface area contributed by atoms with Crippen LogP contribution < -0.4 is 31.5 Å². The number of likely N-dealkylation sites (tertiary alicyclic amines) is 1. The van der Waals surface area contributed by atoms with Gasteiger partial charge in [-0.15, -0.1) is 0 Å². The van der Waals surface area contributed by atoms with Crippen LogP contribution in [0.25, 0.3) is 0 Å². The number of benzene rings is 1. The van der Waals surface area contributed by atoms with Crippen molar-refractivity contribution >= 4 is 53.1 Å². The summed E-state index contributed by atoms with van der Waals surface area (Å²) >= 11 is 0. The van der Waals surface area contributed by atoms with E-state index in [1.807, 2.05) is 0 Å². The van der Waals surface area contributed by atoms with Crippen LogP contribution >= 0.6 is 0 Å². The van der Waals surface area contributed by atoms with Gasteiger partial charge in [-0.05, 0) is 64.0 Å². The highest BCUT2D eigenvalue weighted by atomic mass is 16.6. The molecule has 20 nitrogen and oxygen atoms in total. The van der Waals surface area contributed by atoms with Gasteiger partial charge in [0.1, 0.15) is 29.9 Å². The fourth-order valence-electron chi connectivity index (χ4n) is 7.90. The maximum Gasteiger partial charge on any atom is 0.410 e. The van der Waals surface area contributed by atoms with Crippen LogP contribution in [0.4, 0.5) is 10.5 Å². The van der Waals surface area contributed by atoms with E-state index in [1.165, 1.54) is 33.3 Å². The smallest absolute Gasteiger partial charge is 0.410 e. The lowest BCUT2D eigenvalue weighted by Gasteiger charge is -2.32. The number of aromatic nitrogens is 2. The van der Waals surface area contributed by atoms with Gasteiger partial charge < -0.3 is 51.1 Å². The molecule has 1 aliphatic heterocycles. The van der Waals surface area contributed by atoms with Crippen molar-refractivity contribution in [3.63, 3.8) is 0 Å². The van der Waals surface area contributed by atoms with E-state index >= 15 is 0 Å². The van der Waals surface area contributed by atoms with Gasteiger partial charge in [0, 0.05) is 45.3 Å². The van der Waals surface area contributed by atoms with Crippen molar-refractivity contribution in [2.75, 3.05) is 45.2 Å². The Morgan fingerprint density at radius 3 is 2.15 bits per heavy atom. The summed E-state index contributed by atoms with van der Waals surface area (Å²) < 4.78 is 5.60. The van der Waals surface area contributed by atoms with Gasteiger partial charge in [0.05, 0.1) is 30.7 Å². The summed E-state index contributed by atoms with van der Waals surface area (Å²) in [5.41, 5.74) is -0.420. The third-order valence-electron chi connectivity index (χ3n) is 11.5. The maximum atomic E-state index is 14.2. The van der Waals surface area contributed by atoms with Crippen LogP contribution in [0.2, 0.25) is 0 Å². The normalized spacial score (nSPS) is 18.2. The minimum atomic E-state index is -1.82. The van der Waals surface area contributed by atoms with Crippen LogP contribution in [-0.4, -0.2) is 148 Å². The zero-order valence-electron chi connectivity index (χ0n) is 39.4. The lowest BCUT2D eigenvalue weighted by atomic mass is 9.83. The second kappa shape index (κ2) is 24.4. The van der Waals surface area contributed by atoms with E-state index in [2.05, 4.69) is 36.6 Å². The van der Waals surface area contributed by atoms with Crippen molar-refractivity contribution in [1.29, 1.82) is 0 Å². The molecule has 0 bridgehead atoms. The summed E-state index contributed by atoms with van der Waals surface area (Å²) in [5.74, 6) is -6.15. The first-order valence-electron chi connectivity index (χ1n) is 22.7. The second-order valence-corrected chi connectivity index (χ2v) is 18.4. The lowest BCUT2D eigenvalue weighted by Crippen LogP contribution is -2.60. The van der Waals surface area contributed by atoms with E-state index < -0.39 is 95.8 Å². The summed E-state index contributed by atoms with van der Waals surface area (Å²) in [7, 11) is 3.11. The number of ether oxygens (including phenoxy) is 1. The summed E-state index contributed by atoms with van der Waals surface area (Å²) in [6.07, 6.45) is 6.23. The van der Waals surface area contributed by atoms with E-state index in [0.717, 1.165) is 19.3 Å². The number of aliphatic hydroxyl groups excluding tert-OH is 1. The van der Waals surface area contributed by atoms with Gasteiger partial charge >= 0.3 is 6.09 Å². The Labute approximate surface area is 386 Å². The van der Waals surface area contributed by atoms with E-state index in [1.54, 1.807) is 86.0 Å². The van der Waals surface area contributed by atoms with Crippen LogP contribution in [0.5, 0.6) is 0 Å². The molecule has 0 spiro atoms. The number of hydrogen-bond acceptors (Lipinski definition) is 12. The van der Waals surface area contributed by atoms with E-state index in [4.69, 9.17) is 4.74 Å². The lowest BCUT2D eigenvalue weighted by molar-refractivity contribution is -0.135.